The van der Waals surface area contributed by atoms with Crippen LogP contribution in [0.4, 0.5) is 0 Å². The number of carbonyl (C=O) groups is 1. The molecule has 0 N–H and O–H groups in total. The Morgan fingerprint density at radius 1 is 1.43 bits per heavy atom. The van der Waals surface area contributed by atoms with Crippen molar-refractivity contribution in [2.45, 2.75) is 32.7 Å². The highest BCUT2D eigenvalue weighted by atomic mass is 16.1. The summed E-state index contributed by atoms with van der Waals surface area (Å²) < 4.78 is 1.63. The molecular formula is C11H15NO2. The van der Waals surface area contributed by atoms with Gasteiger partial charge in [-0.3, -0.25) is 9.59 Å². The summed E-state index contributed by atoms with van der Waals surface area (Å²) in [6.45, 7) is 2.49. The molecule has 0 amide bonds. The molecule has 0 aliphatic rings. The predicted molar refractivity (Wildman–Crippen MR) is 55.2 cm³/mol. The van der Waals surface area contributed by atoms with E-state index in [1.54, 1.807) is 16.8 Å². The lowest BCUT2D eigenvalue weighted by Crippen LogP contribution is -2.18. The first-order valence-electron chi connectivity index (χ1n) is 4.91. The van der Waals surface area contributed by atoms with Crippen molar-refractivity contribution in [1.82, 2.24) is 4.57 Å². The molecule has 0 spiro atoms. The second-order valence-electron chi connectivity index (χ2n) is 3.23. The van der Waals surface area contributed by atoms with Gasteiger partial charge in [0.15, 0.2) is 0 Å². The molecule has 3 heteroatoms. The van der Waals surface area contributed by atoms with Crippen molar-refractivity contribution in [2.75, 3.05) is 0 Å². The molecule has 1 aromatic heterocycles. The van der Waals surface area contributed by atoms with E-state index in [0.29, 0.717) is 19.4 Å². The lowest BCUT2D eigenvalue weighted by atomic mass is 10.2. The summed E-state index contributed by atoms with van der Waals surface area (Å²) in [6.07, 6.45) is 3.65. The van der Waals surface area contributed by atoms with Gasteiger partial charge in [0.25, 0.3) is 0 Å². The van der Waals surface area contributed by atoms with E-state index in [1.165, 1.54) is 6.07 Å². The second kappa shape index (κ2) is 5.37. The van der Waals surface area contributed by atoms with Crippen molar-refractivity contribution >= 4 is 5.78 Å². The van der Waals surface area contributed by atoms with E-state index in [9.17, 15) is 9.59 Å². The lowest BCUT2D eigenvalue weighted by Gasteiger charge is -2.03. The molecule has 0 radical (unpaired) electrons. The first kappa shape index (κ1) is 10.7. The smallest absolute Gasteiger partial charge is 0.250 e. The van der Waals surface area contributed by atoms with Gasteiger partial charge >= 0.3 is 0 Å². The van der Waals surface area contributed by atoms with Crippen LogP contribution in [0, 0.1) is 0 Å². The minimum absolute atomic E-state index is 0.00329. The summed E-state index contributed by atoms with van der Waals surface area (Å²) in [5.74, 6) is 0.258. The molecule has 76 valence electrons. The number of aromatic nitrogens is 1. The molecule has 1 rings (SSSR count). The standard InChI is InChI=1S/C11H15NO2/c1-2-10(13)6-5-9-12-8-4-3-7-11(12)14/h3-4,7-8H,2,5-6,9H2,1H3. The molecule has 0 bridgehead atoms. The van der Waals surface area contributed by atoms with E-state index in [1.807, 2.05) is 13.0 Å². The van der Waals surface area contributed by atoms with Crippen LogP contribution in [0.2, 0.25) is 0 Å². The van der Waals surface area contributed by atoms with Crippen molar-refractivity contribution in [1.29, 1.82) is 0 Å². The quantitative estimate of drug-likeness (QED) is 0.712. The van der Waals surface area contributed by atoms with E-state index in [2.05, 4.69) is 0 Å². The normalized spacial score (nSPS) is 10.1. The fourth-order valence-corrected chi connectivity index (χ4v) is 1.27. The number of aryl methyl sites for hydroxylation is 1. The summed E-state index contributed by atoms with van der Waals surface area (Å²) in [6, 6.07) is 5.07. The monoisotopic (exact) mass is 193 g/mol. The molecular weight excluding hydrogens is 178 g/mol. The Labute approximate surface area is 83.4 Å². The van der Waals surface area contributed by atoms with Crippen LogP contribution >= 0.6 is 0 Å². The molecule has 1 aromatic rings. The molecule has 0 fully saturated rings. The van der Waals surface area contributed by atoms with Gasteiger partial charge < -0.3 is 4.57 Å². The number of hydrogen-bond acceptors (Lipinski definition) is 2. The SMILES string of the molecule is CCC(=O)CCCn1ccccc1=O. The minimum atomic E-state index is -0.00329. The van der Waals surface area contributed by atoms with Gasteiger partial charge in [-0.15, -0.1) is 0 Å². The number of ketones is 1. The number of Topliss-reactive ketones (excluding diaryl/α,β-unsaturated/α-hetero) is 1. The largest absolute Gasteiger partial charge is 0.316 e. The Hall–Kier alpha value is -1.38. The van der Waals surface area contributed by atoms with E-state index in [4.69, 9.17) is 0 Å². The third kappa shape index (κ3) is 3.17. The third-order valence-corrected chi connectivity index (χ3v) is 2.15. The fourth-order valence-electron chi connectivity index (χ4n) is 1.27. The summed E-state index contributed by atoms with van der Waals surface area (Å²) in [4.78, 5) is 22.2. The zero-order valence-corrected chi connectivity index (χ0v) is 8.40. The van der Waals surface area contributed by atoms with E-state index < -0.39 is 0 Å². The number of hydrogen-bond donors (Lipinski definition) is 0. The molecule has 3 nitrogen and oxygen atoms in total. The Balaban J connectivity index is 2.43. The summed E-state index contributed by atoms with van der Waals surface area (Å²) in [7, 11) is 0. The molecule has 14 heavy (non-hydrogen) atoms. The fraction of sp³-hybridized carbons (Fsp3) is 0.455. The van der Waals surface area contributed by atoms with Crippen molar-refractivity contribution in [2.24, 2.45) is 0 Å². The minimum Gasteiger partial charge on any atom is -0.316 e. The van der Waals surface area contributed by atoms with E-state index in [0.717, 1.165) is 6.42 Å². The van der Waals surface area contributed by atoms with Gasteiger partial charge in [-0.1, -0.05) is 13.0 Å². The van der Waals surface area contributed by atoms with Crippen molar-refractivity contribution in [3.63, 3.8) is 0 Å². The molecule has 0 atom stereocenters. The van der Waals surface area contributed by atoms with Gasteiger partial charge in [-0.25, -0.2) is 0 Å². The second-order valence-corrected chi connectivity index (χ2v) is 3.23. The average Bonchev–Trinajstić information content (AvgIpc) is 2.20. The molecule has 0 saturated heterocycles. The lowest BCUT2D eigenvalue weighted by molar-refractivity contribution is -0.118. The molecule has 0 unspecified atom stereocenters. The van der Waals surface area contributed by atoms with Crippen molar-refractivity contribution in [3.8, 4) is 0 Å². The van der Waals surface area contributed by atoms with Crippen molar-refractivity contribution < 1.29 is 4.79 Å². The van der Waals surface area contributed by atoms with Gasteiger partial charge in [0.2, 0.25) is 5.56 Å². The van der Waals surface area contributed by atoms with Crippen LogP contribution in [0.15, 0.2) is 29.2 Å². The van der Waals surface area contributed by atoms with Gasteiger partial charge in [0.05, 0.1) is 0 Å². The van der Waals surface area contributed by atoms with Crippen LogP contribution < -0.4 is 5.56 Å². The Bertz CT molecular complexity index is 354. The zero-order chi connectivity index (χ0) is 10.4. The average molecular weight is 193 g/mol. The molecule has 1 heterocycles. The molecule has 0 aliphatic carbocycles. The first-order valence-corrected chi connectivity index (χ1v) is 4.91. The predicted octanol–water partition coefficient (Wildman–Crippen LogP) is 1.61. The Morgan fingerprint density at radius 2 is 2.21 bits per heavy atom. The highest BCUT2D eigenvalue weighted by Crippen LogP contribution is 1.96. The van der Waals surface area contributed by atoms with Gasteiger partial charge in [0, 0.05) is 31.6 Å². The van der Waals surface area contributed by atoms with Crippen LogP contribution in [0.3, 0.4) is 0 Å². The van der Waals surface area contributed by atoms with Crippen LogP contribution in [0.1, 0.15) is 26.2 Å². The molecule has 0 aliphatic heterocycles. The topological polar surface area (TPSA) is 39.1 Å². The maximum Gasteiger partial charge on any atom is 0.250 e. The number of carbonyl (C=O) groups excluding carboxylic acids is 1. The van der Waals surface area contributed by atoms with Crippen LogP contribution in [-0.4, -0.2) is 10.4 Å². The van der Waals surface area contributed by atoms with E-state index >= 15 is 0 Å². The highest BCUT2D eigenvalue weighted by molar-refractivity contribution is 5.77. The Kier molecular flexibility index (Phi) is 4.11. The number of pyridine rings is 1. The summed E-state index contributed by atoms with van der Waals surface area (Å²) >= 11 is 0. The van der Waals surface area contributed by atoms with Gasteiger partial charge in [-0.2, -0.15) is 0 Å². The van der Waals surface area contributed by atoms with Crippen molar-refractivity contribution in [3.05, 3.63) is 34.7 Å². The van der Waals surface area contributed by atoms with Gasteiger partial charge in [0.1, 0.15) is 5.78 Å². The highest BCUT2D eigenvalue weighted by Gasteiger charge is 1.98. The summed E-state index contributed by atoms with van der Waals surface area (Å²) in [5, 5.41) is 0. The maximum absolute atomic E-state index is 11.2. The molecule has 0 aromatic carbocycles. The van der Waals surface area contributed by atoms with Crippen LogP contribution in [0.25, 0.3) is 0 Å². The van der Waals surface area contributed by atoms with Crippen LogP contribution in [-0.2, 0) is 11.3 Å². The Morgan fingerprint density at radius 3 is 2.86 bits per heavy atom. The van der Waals surface area contributed by atoms with Crippen LogP contribution in [0.5, 0.6) is 0 Å². The summed E-state index contributed by atoms with van der Waals surface area (Å²) in [5.41, 5.74) is -0.00329. The first-order chi connectivity index (χ1) is 6.74. The maximum atomic E-state index is 11.2. The molecule has 0 saturated carbocycles. The third-order valence-electron chi connectivity index (χ3n) is 2.15. The zero-order valence-electron chi connectivity index (χ0n) is 8.40. The van der Waals surface area contributed by atoms with Gasteiger partial charge in [-0.05, 0) is 12.5 Å². The number of rotatable bonds is 5. The number of nitrogens with zero attached hydrogens (tertiary/aromatic N) is 1. The van der Waals surface area contributed by atoms with E-state index in [-0.39, 0.29) is 11.3 Å².